The summed E-state index contributed by atoms with van der Waals surface area (Å²) in [7, 11) is 1.83. The van der Waals surface area contributed by atoms with E-state index in [9.17, 15) is 0 Å². The van der Waals surface area contributed by atoms with E-state index in [0.717, 1.165) is 24.9 Å². The lowest BCUT2D eigenvalue weighted by Crippen LogP contribution is -2.19. The number of hydrogen-bond donors (Lipinski definition) is 2. The Morgan fingerprint density at radius 2 is 2.33 bits per heavy atom. The Bertz CT molecular complexity index is 561. The molecular formula is C12H16N6. The molecule has 0 bridgehead atoms. The van der Waals surface area contributed by atoms with Crippen LogP contribution in [0.1, 0.15) is 30.0 Å². The van der Waals surface area contributed by atoms with Crippen molar-refractivity contribution in [3.05, 3.63) is 29.3 Å². The summed E-state index contributed by atoms with van der Waals surface area (Å²) in [5, 5.41) is 14.8. The van der Waals surface area contributed by atoms with Crippen LogP contribution in [-0.4, -0.2) is 20.2 Å². The van der Waals surface area contributed by atoms with E-state index < -0.39 is 0 Å². The zero-order chi connectivity index (χ0) is 12.5. The monoisotopic (exact) mass is 244 g/mol. The lowest BCUT2D eigenvalue weighted by molar-refractivity contribution is 0.591. The molecule has 2 aromatic rings. The number of benzene rings is 1. The van der Waals surface area contributed by atoms with Gasteiger partial charge >= 0.3 is 0 Å². The molecule has 3 N–H and O–H groups in total. The van der Waals surface area contributed by atoms with Crippen LogP contribution in [-0.2, 0) is 13.5 Å². The largest absolute Gasteiger partial charge is 0.399 e. The van der Waals surface area contributed by atoms with Gasteiger partial charge in [0.05, 0.1) is 6.04 Å². The zero-order valence-electron chi connectivity index (χ0n) is 10.3. The maximum Gasteiger partial charge on any atom is 0.243 e. The minimum atomic E-state index is 0.263. The molecule has 6 nitrogen and oxygen atoms in total. The van der Waals surface area contributed by atoms with Crippen molar-refractivity contribution in [2.24, 2.45) is 7.05 Å². The molecule has 3 rings (SSSR count). The first-order chi connectivity index (χ1) is 8.74. The van der Waals surface area contributed by atoms with E-state index in [1.165, 1.54) is 11.1 Å². The maximum atomic E-state index is 5.83. The Morgan fingerprint density at radius 3 is 3.11 bits per heavy atom. The highest BCUT2D eigenvalue weighted by molar-refractivity contribution is 5.48. The number of aryl methyl sites for hydroxylation is 2. The van der Waals surface area contributed by atoms with Crippen molar-refractivity contribution in [3.63, 3.8) is 0 Å². The normalized spacial score (nSPS) is 18.4. The summed E-state index contributed by atoms with van der Waals surface area (Å²) in [6.07, 6.45) is 3.33. The number of nitrogens with one attached hydrogen (secondary N) is 1. The Balaban J connectivity index is 1.90. The second kappa shape index (κ2) is 4.29. The van der Waals surface area contributed by atoms with Gasteiger partial charge in [0.2, 0.25) is 5.95 Å². The van der Waals surface area contributed by atoms with Crippen LogP contribution in [0.3, 0.4) is 0 Å². The summed E-state index contributed by atoms with van der Waals surface area (Å²) in [6, 6.07) is 6.39. The third-order valence-electron chi connectivity index (χ3n) is 3.40. The van der Waals surface area contributed by atoms with Gasteiger partial charge in [0.1, 0.15) is 0 Å². The molecule has 0 radical (unpaired) electrons. The van der Waals surface area contributed by atoms with Crippen molar-refractivity contribution in [3.8, 4) is 0 Å². The molecule has 1 atom stereocenters. The first-order valence-corrected chi connectivity index (χ1v) is 6.11. The molecule has 1 aromatic carbocycles. The standard InChI is InChI=1S/C12H16N6/c1-18-12(15-16-17-18)14-11-4-2-3-8-7-9(13)5-6-10(8)11/h5-7,11H,2-4,13H2,1H3,(H,14,15,17). The predicted octanol–water partition coefficient (Wildman–Crippen LogP) is 1.28. The molecule has 1 aliphatic carbocycles. The first-order valence-electron chi connectivity index (χ1n) is 6.11. The molecule has 1 aromatic heterocycles. The summed E-state index contributed by atoms with van der Waals surface area (Å²) in [5.74, 6) is 0.699. The second-order valence-corrected chi connectivity index (χ2v) is 4.67. The smallest absolute Gasteiger partial charge is 0.243 e. The summed E-state index contributed by atoms with van der Waals surface area (Å²) in [4.78, 5) is 0. The third kappa shape index (κ3) is 1.90. The van der Waals surface area contributed by atoms with E-state index in [1.54, 1.807) is 4.68 Å². The number of hydrogen-bond acceptors (Lipinski definition) is 5. The third-order valence-corrected chi connectivity index (χ3v) is 3.40. The lowest BCUT2D eigenvalue weighted by atomic mass is 9.87. The van der Waals surface area contributed by atoms with Gasteiger partial charge in [-0.25, -0.2) is 4.68 Å². The van der Waals surface area contributed by atoms with E-state index in [4.69, 9.17) is 5.73 Å². The van der Waals surface area contributed by atoms with Crippen molar-refractivity contribution >= 4 is 11.6 Å². The van der Waals surface area contributed by atoms with Crippen LogP contribution in [0, 0.1) is 0 Å². The van der Waals surface area contributed by atoms with Gasteiger partial charge in [-0.15, -0.1) is 0 Å². The molecule has 1 heterocycles. The van der Waals surface area contributed by atoms with Crippen LogP contribution in [0.4, 0.5) is 11.6 Å². The van der Waals surface area contributed by atoms with E-state index in [1.807, 2.05) is 13.1 Å². The van der Waals surface area contributed by atoms with Crippen molar-refractivity contribution in [2.45, 2.75) is 25.3 Å². The van der Waals surface area contributed by atoms with Crippen LogP contribution >= 0.6 is 0 Å². The molecule has 0 aliphatic heterocycles. The number of nitrogen functional groups attached to an aromatic ring is 1. The fourth-order valence-corrected chi connectivity index (χ4v) is 2.49. The van der Waals surface area contributed by atoms with Crippen LogP contribution in [0.2, 0.25) is 0 Å². The minimum Gasteiger partial charge on any atom is -0.399 e. The SMILES string of the molecule is Cn1nnnc1NC1CCCc2cc(N)ccc21. The molecule has 0 saturated heterocycles. The van der Waals surface area contributed by atoms with E-state index in [0.29, 0.717) is 5.95 Å². The number of nitrogens with zero attached hydrogens (tertiary/aromatic N) is 4. The van der Waals surface area contributed by atoms with Crippen LogP contribution in [0.25, 0.3) is 0 Å². The summed E-state index contributed by atoms with van der Waals surface area (Å²) < 4.78 is 1.64. The predicted molar refractivity (Wildman–Crippen MR) is 69.0 cm³/mol. The average molecular weight is 244 g/mol. The summed E-state index contributed by atoms with van der Waals surface area (Å²) in [5.41, 5.74) is 9.29. The number of aromatic nitrogens is 4. The Hall–Kier alpha value is -2.11. The molecule has 0 spiro atoms. The minimum absolute atomic E-state index is 0.263. The molecule has 0 amide bonds. The van der Waals surface area contributed by atoms with Crippen LogP contribution in [0.5, 0.6) is 0 Å². The van der Waals surface area contributed by atoms with Gasteiger partial charge in [-0.2, -0.15) is 0 Å². The van der Waals surface area contributed by atoms with Gasteiger partial charge in [-0.05, 0) is 52.9 Å². The molecule has 94 valence electrons. The molecular weight excluding hydrogens is 228 g/mol. The fraction of sp³-hybridized carbons (Fsp3) is 0.417. The molecule has 1 unspecified atom stereocenters. The molecule has 1 aliphatic rings. The van der Waals surface area contributed by atoms with Crippen molar-refractivity contribution in [2.75, 3.05) is 11.1 Å². The number of fused-ring (bicyclic) bond motifs is 1. The maximum absolute atomic E-state index is 5.83. The van der Waals surface area contributed by atoms with E-state index in [2.05, 4.69) is 33.0 Å². The average Bonchev–Trinajstić information content (AvgIpc) is 2.75. The Morgan fingerprint density at radius 1 is 1.44 bits per heavy atom. The van der Waals surface area contributed by atoms with Crippen molar-refractivity contribution < 1.29 is 0 Å². The quantitative estimate of drug-likeness (QED) is 0.778. The zero-order valence-corrected chi connectivity index (χ0v) is 10.3. The molecule has 0 fully saturated rings. The van der Waals surface area contributed by atoms with Crippen LogP contribution in [0.15, 0.2) is 18.2 Å². The van der Waals surface area contributed by atoms with Gasteiger partial charge in [0, 0.05) is 12.7 Å². The highest BCUT2D eigenvalue weighted by atomic mass is 15.6. The van der Waals surface area contributed by atoms with Gasteiger partial charge in [0.25, 0.3) is 0 Å². The van der Waals surface area contributed by atoms with Gasteiger partial charge in [-0.1, -0.05) is 11.2 Å². The Kier molecular flexibility index (Phi) is 2.62. The number of rotatable bonds is 2. The lowest BCUT2D eigenvalue weighted by Gasteiger charge is -2.26. The summed E-state index contributed by atoms with van der Waals surface area (Å²) in [6.45, 7) is 0. The van der Waals surface area contributed by atoms with E-state index in [-0.39, 0.29) is 6.04 Å². The van der Waals surface area contributed by atoms with Gasteiger partial charge in [-0.3, -0.25) is 0 Å². The van der Waals surface area contributed by atoms with Crippen LogP contribution < -0.4 is 11.1 Å². The fourth-order valence-electron chi connectivity index (χ4n) is 2.49. The summed E-state index contributed by atoms with van der Waals surface area (Å²) >= 11 is 0. The molecule has 6 heteroatoms. The number of tetrazole rings is 1. The topological polar surface area (TPSA) is 81.7 Å². The molecule has 18 heavy (non-hydrogen) atoms. The molecule has 0 saturated carbocycles. The van der Waals surface area contributed by atoms with Gasteiger partial charge in [0.15, 0.2) is 0 Å². The van der Waals surface area contributed by atoms with Crippen molar-refractivity contribution in [1.29, 1.82) is 0 Å². The van der Waals surface area contributed by atoms with E-state index >= 15 is 0 Å². The number of nitrogens with two attached hydrogens (primary N) is 1. The van der Waals surface area contributed by atoms with Crippen molar-refractivity contribution in [1.82, 2.24) is 20.2 Å². The first kappa shape index (κ1) is 11.0. The highest BCUT2D eigenvalue weighted by Crippen LogP contribution is 2.32. The number of anilines is 2. The Labute approximate surface area is 105 Å². The van der Waals surface area contributed by atoms with Gasteiger partial charge < -0.3 is 11.1 Å². The second-order valence-electron chi connectivity index (χ2n) is 4.67. The highest BCUT2D eigenvalue weighted by Gasteiger charge is 2.21.